The SMILES string of the molecule is CCC(=O)NCc1csc(C2CCCN(C(=O)c3ccccc3OC)C2)n1. The number of methoxy groups -OCH3 is 1. The smallest absolute Gasteiger partial charge is 0.257 e. The maximum atomic E-state index is 13.0. The molecule has 1 saturated heterocycles. The molecule has 1 N–H and O–H groups in total. The summed E-state index contributed by atoms with van der Waals surface area (Å²) in [7, 11) is 1.58. The van der Waals surface area contributed by atoms with E-state index in [-0.39, 0.29) is 17.7 Å². The van der Waals surface area contributed by atoms with Crippen LogP contribution in [0, 0.1) is 0 Å². The Hall–Kier alpha value is -2.41. The molecular formula is C20H25N3O3S. The van der Waals surface area contributed by atoms with E-state index >= 15 is 0 Å². The van der Waals surface area contributed by atoms with Crippen LogP contribution in [-0.4, -0.2) is 41.9 Å². The fourth-order valence-electron chi connectivity index (χ4n) is 3.26. The number of rotatable bonds is 6. The van der Waals surface area contributed by atoms with Crippen molar-refractivity contribution in [1.82, 2.24) is 15.2 Å². The number of amides is 2. The quantitative estimate of drug-likeness (QED) is 0.826. The lowest BCUT2D eigenvalue weighted by atomic mass is 9.98. The molecule has 1 atom stereocenters. The van der Waals surface area contributed by atoms with Gasteiger partial charge in [0.2, 0.25) is 5.91 Å². The molecule has 1 fully saturated rings. The lowest BCUT2D eigenvalue weighted by Crippen LogP contribution is -2.39. The van der Waals surface area contributed by atoms with Crippen molar-refractivity contribution in [2.45, 2.75) is 38.6 Å². The highest BCUT2D eigenvalue weighted by molar-refractivity contribution is 7.09. The first-order valence-corrected chi connectivity index (χ1v) is 10.1. The van der Waals surface area contributed by atoms with E-state index in [1.54, 1.807) is 18.4 Å². The van der Waals surface area contributed by atoms with E-state index in [9.17, 15) is 9.59 Å². The van der Waals surface area contributed by atoms with Crippen molar-refractivity contribution in [3.05, 3.63) is 45.9 Å². The number of hydrogen-bond acceptors (Lipinski definition) is 5. The topological polar surface area (TPSA) is 71.5 Å². The third-order valence-corrected chi connectivity index (χ3v) is 5.81. The third-order valence-electron chi connectivity index (χ3n) is 4.75. The zero-order valence-electron chi connectivity index (χ0n) is 15.7. The van der Waals surface area contributed by atoms with Gasteiger partial charge in [-0.3, -0.25) is 9.59 Å². The van der Waals surface area contributed by atoms with Gasteiger partial charge in [-0.25, -0.2) is 4.98 Å². The summed E-state index contributed by atoms with van der Waals surface area (Å²) in [4.78, 5) is 30.9. The van der Waals surface area contributed by atoms with E-state index in [4.69, 9.17) is 4.74 Å². The minimum absolute atomic E-state index is 0.00383. The normalized spacial score (nSPS) is 16.8. The molecule has 0 bridgehead atoms. The first-order chi connectivity index (χ1) is 13.1. The molecule has 1 aromatic heterocycles. The fraction of sp³-hybridized carbons (Fsp3) is 0.450. The molecule has 2 aromatic rings. The minimum Gasteiger partial charge on any atom is -0.496 e. The highest BCUT2D eigenvalue weighted by atomic mass is 32.1. The average molecular weight is 388 g/mol. The van der Waals surface area contributed by atoms with E-state index in [1.807, 2.05) is 41.5 Å². The molecule has 1 aliphatic rings. The zero-order valence-corrected chi connectivity index (χ0v) is 16.6. The van der Waals surface area contributed by atoms with Crippen LogP contribution >= 0.6 is 11.3 Å². The van der Waals surface area contributed by atoms with Crippen molar-refractivity contribution < 1.29 is 14.3 Å². The Balaban J connectivity index is 1.66. The number of hydrogen-bond donors (Lipinski definition) is 1. The van der Waals surface area contributed by atoms with Crippen LogP contribution in [-0.2, 0) is 11.3 Å². The lowest BCUT2D eigenvalue weighted by Gasteiger charge is -2.32. The zero-order chi connectivity index (χ0) is 19.2. The van der Waals surface area contributed by atoms with Crippen LogP contribution < -0.4 is 10.1 Å². The molecule has 0 radical (unpaired) electrons. The summed E-state index contributed by atoms with van der Waals surface area (Å²) in [5.74, 6) is 0.866. The molecular weight excluding hydrogens is 362 g/mol. The Kier molecular flexibility index (Phi) is 6.45. The number of thiazole rings is 1. The summed E-state index contributed by atoms with van der Waals surface area (Å²) < 4.78 is 5.34. The van der Waals surface area contributed by atoms with Crippen molar-refractivity contribution in [3.63, 3.8) is 0 Å². The van der Waals surface area contributed by atoms with Crippen LogP contribution in [0.15, 0.2) is 29.6 Å². The standard InChI is InChI=1S/C20H25N3O3S/c1-3-18(24)21-11-15-13-27-19(22-15)14-7-6-10-23(12-14)20(25)16-8-4-5-9-17(16)26-2/h4-5,8-9,13-14H,3,6-7,10-12H2,1-2H3,(H,21,24). The summed E-state index contributed by atoms with van der Waals surface area (Å²) in [6.45, 7) is 3.69. The second-order valence-electron chi connectivity index (χ2n) is 6.60. The highest BCUT2D eigenvalue weighted by Crippen LogP contribution is 2.31. The van der Waals surface area contributed by atoms with E-state index in [2.05, 4.69) is 10.3 Å². The lowest BCUT2D eigenvalue weighted by molar-refractivity contribution is -0.120. The predicted molar refractivity (Wildman–Crippen MR) is 105 cm³/mol. The van der Waals surface area contributed by atoms with E-state index < -0.39 is 0 Å². The van der Waals surface area contributed by atoms with Gasteiger partial charge in [-0.1, -0.05) is 19.1 Å². The Labute approximate surface area is 163 Å². The van der Waals surface area contributed by atoms with Crippen LogP contribution in [0.5, 0.6) is 5.75 Å². The molecule has 3 rings (SSSR count). The number of piperidine rings is 1. The van der Waals surface area contributed by atoms with Gasteiger partial charge in [0.1, 0.15) is 5.75 Å². The van der Waals surface area contributed by atoms with Gasteiger partial charge in [0.25, 0.3) is 5.91 Å². The maximum absolute atomic E-state index is 13.0. The van der Waals surface area contributed by atoms with Crippen molar-refractivity contribution in [2.24, 2.45) is 0 Å². The summed E-state index contributed by atoms with van der Waals surface area (Å²) in [5.41, 5.74) is 1.48. The van der Waals surface area contributed by atoms with Crippen LogP contribution in [0.4, 0.5) is 0 Å². The number of aromatic nitrogens is 1. The highest BCUT2D eigenvalue weighted by Gasteiger charge is 2.28. The fourth-order valence-corrected chi connectivity index (χ4v) is 4.21. The molecule has 2 heterocycles. The first-order valence-electron chi connectivity index (χ1n) is 9.25. The van der Waals surface area contributed by atoms with Gasteiger partial charge in [0.15, 0.2) is 0 Å². The molecule has 0 aliphatic carbocycles. The Morgan fingerprint density at radius 3 is 2.96 bits per heavy atom. The maximum Gasteiger partial charge on any atom is 0.257 e. The van der Waals surface area contributed by atoms with Gasteiger partial charge in [0.05, 0.1) is 29.9 Å². The van der Waals surface area contributed by atoms with Crippen molar-refractivity contribution in [1.29, 1.82) is 0 Å². The molecule has 7 heteroatoms. The second-order valence-corrected chi connectivity index (χ2v) is 7.49. The van der Waals surface area contributed by atoms with Crippen LogP contribution in [0.2, 0.25) is 0 Å². The van der Waals surface area contributed by atoms with E-state index in [0.717, 1.165) is 30.1 Å². The van der Waals surface area contributed by atoms with Gasteiger partial charge in [-0.05, 0) is 25.0 Å². The Bertz CT molecular complexity index is 805. The number of nitrogens with one attached hydrogen (secondary N) is 1. The molecule has 1 aliphatic heterocycles. The molecule has 0 saturated carbocycles. The molecule has 0 spiro atoms. The second kappa shape index (κ2) is 8.99. The molecule has 144 valence electrons. The van der Waals surface area contributed by atoms with Crippen LogP contribution in [0.25, 0.3) is 0 Å². The van der Waals surface area contributed by atoms with Crippen molar-refractivity contribution in [3.8, 4) is 5.75 Å². The molecule has 6 nitrogen and oxygen atoms in total. The predicted octanol–water partition coefficient (Wildman–Crippen LogP) is 3.20. The number of carbonyl (C=O) groups is 2. The Morgan fingerprint density at radius 2 is 2.19 bits per heavy atom. The van der Waals surface area contributed by atoms with Crippen LogP contribution in [0.1, 0.15) is 53.2 Å². The largest absolute Gasteiger partial charge is 0.496 e. The Morgan fingerprint density at radius 1 is 1.37 bits per heavy atom. The summed E-state index contributed by atoms with van der Waals surface area (Å²) in [6, 6.07) is 7.34. The molecule has 1 aromatic carbocycles. The molecule has 1 unspecified atom stereocenters. The number of para-hydroxylation sites is 1. The summed E-state index contributed by atoms with van der Waals surface area (Å²) in [6.07, 6.45) is 2.44. The number of ether oxygens (including phenoxy) is 1. The van der Waals surface area contributed by atoms with Crippen molar-refractivity contribution in [2.75, 3.05) is 20.2 Å². The van der Waals surface area contributed by atoms with Gasteiger partial charge < -0.3 is 15.0 Å². The van der Waals surface area contributed by atoms with Gasteiger partial charge >= 0.3 is 0 Å². The van der Waals surface area contributed by atoms with Crippen LogP contribution in [0.3, 0.4) is 0 Å². The van der Waals surface area contributed by atoms with E-state index in [0.29, 0.717) is 30.8 Å². The van der Waals surface area contributed by atoms with E-state index in [1.165, 1.54) is 0 Å². The van der Waals surface area contributed by atoms with Gasteiger partial charge in [0, 0.05) is 30.8 Å². The number of benzene rings is 1. The molecule has 27 heavy (non-hydrogen) atoms. The van der Waals surface area contributed by atoms with Gasteiger partial charge in [-0.2, -0.15) is 0 Å². The third kappa shape index (κ3) is 4.66. The number of nitrogens with zero attached hydrogens (tertiary/aromatic N) is 2. The first kappa shape index (κ1) is 19.4. The molecule has 2 amide bonds. The number of likely N-dealkylation sites (tertiary alicyclic amines) is 1. The summed E-state index contributed by atoms with van der Waals surface area (Å²) in [5, 5.41) is 5.88. The number of carbonyl (C=O) groups excluding carboxylic acids is 2. The van der Waals surface area contributed by atoms with Gasteiger partial charge in [-0.15, -0.1) is 11.3 Å². The minimum atomic E-state index is 0.00383. The van der Waals surface area contributed by atoms with Crippen molar-refractivity contribution >= 4 is 23.2 Å². The monoisotopic (exact) mass is 387 g/mol. The average Bonchev–Trinajstić information content (AvgIpc) is 3.20. The summed E-state index contributed by atoms with van der Waals surface area (Å²) >= 11 is 1.61.